The lowest BCUT2D eigenvalue weighted by molar-refractivity contribution is 0.0860. The summed E-state index contributed by atoms with van der Waals surface area (Å²) < 4.78 is 10.7. The monoisotopic (exact) mass is 223 g/mol. The molecule has 0 bridgehead atoms. The van der Waals surface area contributed by atoms with Gasteiger partial charge in [0.2, 0.25) is 0 Å². The minimum absolute atomic E-state index is 0.0676. The number of hydrogen-bond donors (Lipinski definition) is 1. The van der Waals surface area contributed by atoms with E-state index < -0.39 is 0 Å². The summed E-state index contributed by atoms with van der Waals surface area (Å²) in [6.45, 7) is 3.16. The molecule has 90 valence electrons. The van der Waals surface area contributed by atoms with Crippen LogP contribution in [-0.4, -0.2) is 26.4 Å². The molecule has 1 unspecified atom stereocenters. The SMILES string of the molecule is CCCc1ccc(OC(CN)COC)cc1. The first-order valence-electron chi connectivity index (χ1n) is 5.74. The molecule has 3 nitrogen and oxygen atoms in total. The molecule has 0 aliphatic heterocycles. The summed E-state index contributed by atoms with van der Waals surface area (Å²) in [6.07, 6.45) is 2.20. The Morgan fingerprint density at radius 2 is 1.94 bits per heavy atom. The van der Waals surface area contributed by atoms with E-state index in [0.29, 0.717) is 13.2 Å². The number of nitrogens with two attached hydrogens (primary N) is 1. The molecule has 0 amide bonds. The Kier molecular flexibility index (Phi) is 5.90. The van der Waals surface area contributed by atoms with Gasteiger partial charge in [-0.15, -0.1) is 0 Å². The smallest absolute Gasteiger partial charge is 0.134 e. The van der Waals surface area contributed by atoms with Crippen LogP contribution in [0.1, 0.15) is 18.9 Å². The molecule has 3 heteroatoms. The number of hydrogen-bond acceptors (Lipinski definition) is 3. The molecule has 1 rings (SSSR count). The molecule has 2 N–H and O–H groups in total. The lowest BCUT2D eigenvalue weighted by Gasteiger charge is -2.16. The molecule has 0 radical (unpaired) electrons. The fourth-order valence-corrected chi connectivity index (χ4v) is 1.55. The van der Waals surface area contributed by atoms with Crippen LogP contribution >= 0.6 is 0 Å². The van der Waals surface area contributed by atoms with Gasteiger partial charge in [-0.3, -0.25) is 0 Å². The average molecular weight is 223 g/mol. The van der Waals surface area contributed by atoms with E-state index in [0.717, 1.165) is 18.6 Å². The molecule has 0 fully saturated rings. The highest BCUT2D eigenvalue weighted by Gasteiger charge is 2.07. The zero-order chi connectivity index (χ0) is 11.8. The third-order valence-corrected chi connectivity index (χ3v) is 2.38. The molecule has 0 aliphatic carbocycles. The van der Waals surface area contributed by atoms with Crippen LogP contribution in [0.4, 0.5) is 0 Å². The maximum Gasteiger partial charge on any atom is 0.134 e. The van der Waals surface area contributed by atoms with Crippen molar-refractivity contribution < 1.29 is 9.47 Å². The fourth-order valence-electron chi connectivity index (χ4n) is 1.55. The Bertz CT molecular complexity index is 284. The van der Waals surface area contributed by atoms with E-state index >= 15 is 0 Å². The Labute approximate surface area is 97.6 Å². The van der Waals surface area contributed by atoms with Gasteiger partial charge in [0.25, 0.3) is 0 Å². The van der Waals surface area contributed by atoms with Crippen LogP contribution in [0.15, 0.2) is 24.3 Å². The van der Waals surface area contributed by atoms with E-state index in [9.17, 15) is 0 Å². The van der Waals surface area contributed by atoms with Gasteiger partial charge >= 0.3 is 0 Å². The Morgan fingerprint density at radius 1 is 1.25 bits per heavy atom. The van der Waals surface area contributed by atoms with Gasteiger partial charge in [0, 0.05) is 13.7 Å². The number of aryl methyl sites for hydroxylation is 1. The lowest BCUT2D eigenvalue weighted by Crippen LogP contribution is -2.31. The van der Waals surface area contributed by atoms with Crippen molar-refractivity contribution in [3.63, 3.8) is 0 Å². The second-order valence-electron chi connectivity index (χ2n) is 3.82. The van der Waals surface area contributed by atoms with Gasteiger partial charge in [-0.1, -0.05) is 25.5 Å². The number of benzene rings is 1. The van der Waals surface area contributed by atoms with Crippen molar-refractivity contribution in [2.45, 2.75) is 25.9 Å². The van der Waals surface area contributed by atoms with E-state index in [1.165, 1.54) is 5.56 Å². The van der Waals surface area contributed by atoms with Gasteiger partial charge in [-0.2, -0.15) is 0 Å². The van der Waals surface area contributed by atoms with Crippen molar-refractivity contribution in [1.82, 2.24) is 0 Å². The van der Waals surface area contributed by atoms with E-state index in [1.54, 1.807) is 7.11 Å². The van der Waals surface area contributed by atoms with Crippen LogP contribution in [0.5, 0.6) is 5.75 Å². The lowest BCUT2D eigenvalue weighted by atomic mass is 10.1. The molecular weight excluding hydrogens is 202 g/mol. The highest BCUT2D eigenvalue weighted by atomic mass is 16.5. The van der Waals surface area contributed by atoms with E-state index in [1.807, 2.05) is 12.1 Å². The zero-order valence-corrected chi connectivity index (χ0v) is 10.1. The van der Waals surface area contributed by atoms with Crippen molar-refractivity contribution in [2.24, 2.45) is 5.73 Å². The van der Waals surface area contributed by atoms with E-state index in [4.69, 9.17) is 15.2 Å². The molecule has 0 aromatic heterocycles. The van der Waals surface area contributed by atoms with E-state index in [2.05, 4.69) is 19.1 Å². The van der Waals surface area contributed by atoms with Crippen LogP contribution in [0.25, 0.3) is 0 Å². The van der Waals surface area contributed by atoms with Crippen molar-refractivity contribution in [1.29, 1.82) is 0 Å². The summed E-state index contributed by atoms with van der Waals surface area (Å²) in [4.78, 5) is 0. The third kappa shape index (κ3) is 4.21. The van der Waals surface area contributed by atoms with Gasteiger partial charge in [0.15, 0.2) is 0 Å². The summed E-state index contributed by atoms with van der Waals surface area (Å²) in [5.74, 6) is 0.854. The second kappa shape index (κ2) is 7.25. The summed E-state index contributed by atoms with van der Waals surface area (Å²) in [6, 6.07) is 8.17. The van der Waals surface area contributed by atoms with Crippen molar-refractivity contribution in [2.75, 3.05) is 20.3 Å². The Balaban J connectivity index is 2.53. The van der Waals surface area contributed by atoms with Crippen LogP contribution in [0.3, 0.4) is 0 Å². The van der Waals surface area contributed by atoms with Crippen molar-refractivity contribution >= 4 is 0 Å². The minimum atomic E-state index is -0.0676. The topological polar surface area (TPSA) is 44.5 Å². The third-order valence-electron chi connectivity index (χ3n) is 2.38. The summed E-state index contributed by atoms with van der Waals surface area (Å²) in [5, 5.41) is 0. The van der Waals surface area contributed by atoms with E-state index in [-0.39, 0.29) is 6.10 Å². The normalized spacial score (nSPS) is 12.4. The molecule has 16 heavy (non-hydrogen) atoms. The van der Waals surface area contributed by atoms with Gasteiger partial charge in [-0.05, 0) is 24.1 Å². The van der Waals surface area contributed by atoms with Crippen molar-refractivity contribution in [3.8, 4) is 5.75 Å². The van der Waals surface area contributed by atoms with Crippen LogP contribution in [0, 0.1) is 0 Å². The predicted octanol–water partition coefficient (Wildman–Crippen LogP) is 1.99. The molecule has 1 aromatic rings. The first kappa shape index (κ1) is 13.0. The van der Waals surface area contributed by atoms with Crippen molar-refractivity contribution in [3.05, 3.63) is 29.8 Å². The average Bonchev–Trinajstić information content (AvgIpc) is 2.31. The van der Waals surface area contributed by atoms with Gasteiger partial charge in [-0.25, -0.2) is 0 Å². The maximum atomic E-state index is 5.69. The first-order chi connectivity index (χ1) is 7.80. The quantitative estimate of drug-likeness (QED) is 0.769. The molecule has 0 heterocycles. The fraction of sp³-hybridized carbons (Fsp3) is 0.538. The largest absolute Gasteiger partial charge is 0.487 e. The van der Waals surface area contributed by atoms with Gasteiger partial charge < -0.3 is 15.2 Å². The van der Waals surface area contributed by atoms with Crippen LogP contribution in [-0.2, 0) is 11.2 Å². The second-order valence-corrected chi connectivity index (χ2v) is 3.82. The maximum absolute atomic E-state index is 5.69. The first-order valence-corrected chi connectivity index (χ1v) is 5.74. The zero-order valence-electron chi connectivity index (χ0n) is 10.1. The standard InChI is InChI=1S/C13H21NO2/c1-3-4-11-5-7-12(8-6-11)16-13(9-14)10-15-2/h5-8,13H,3-4,9-10,14H2,1-2H3. The van der Waals surface area contributed by atoms with Crippen LogP contribution < -0.4 is 10.5 Å². The summed E-state index contributed by atoms with van der Waals surface area (Å²) in [5.41, 5.74) is 6.92. The number of rotatable bonds is 7. The molecular formula is C13H21NO2. The molecule has 0 aliphatic rings. The van der Waals surface area contributed by atoms with Gasteiger partial charge in [0.1, 0.15) is 11.9 Å². The van der Waals surface area contributed by atoms with Gasteiger partial charge in [0.05, 0.1) is 6.61 Å². The molecule has 1 atom stereocenters. The molecule has 0 saturated carbocycles. The predicted molar refractivity (Wildman–Crippen MR) is 65.8 cm³/mol. The summed E-state index contributed by atoms with van der Waals surface area (Å²) >= 11 is 0. The highest BCUT2D eigenvalue weighted by Crippen LogP contribution is 2.14. The Morgan fingerprint density at radius 3 is 2.44 bits per heavy atom. The molecule has 0 saturated heterocycles. The van der Waals surface area contributed by atoms with Crippen LogP contribution in [0.2, 0.25) is 0 Å². The minimum Gasteiger partial charge on any atom is -0.487 e. The molecule has 0 spiro atoms. The number of ether oxygens (including phenoxy) is 2. The number of methoxy groups -OCH3 is 1. The highest BCUT2D eigenvalue weighted by molar-refractivity contribution is 5.27. The summed E-state index contributed by atoms with van der Waals surface area (Å²) in [7, 11) is 1.65. The molecule has 1 aromatic carbocycles. The Hall–Kier alpha value is -1.06.